The summed E-state index contributed by atoms with van der Waals surface area (Å²) in [5.41, 5.74) is 1.16. The zero-order valence-corrected chi connectivity index (χ0v) is 12.5. The molecule has 0 fully saturated rings. The highest BCUT2D eigenvalue weighted by molar-refractivity contribution is 5.94. The molecule has 1 amide bonds. The fourth-order valence-corrected chi connectivity index (χ4v) is 1.43. The fraction of sp³-hybridized carbons (Fsp3) is 0.429. The highest BCUT2D eigenvalue weighted by Gasteiger charge is 2.07. The third-order valence-corrected chi connectivity index (χ3v) is 2.39. The summed E-state index contributed by atoms with van der Waals surface area (Å²) < 4.78 is 4.77. The van der Waals surface area contributed by atoms with Crippen LogP contribution in [0.4, 0.5) is 5.69 Å². The van der Waals surface area contributed by atoms with Gasteiger partial charge in [0.2, 0.25) is 0 Å². The molecular formula is C14H20N4O3. The van der Waals surface area contributed by atoms with Crippen LogP contribution in [0.25, 0.3) is 0 Å². The average molecular weight is 292 g/mol. The minimum atomic E-state index is -0.322. The highest BCUT2D eigenvalue weighted by atomic mass is 16.5. The van der Waals surface area contributed by atoms with Crippen LogP contribution in [0.3, 0.4) is 0 Å². The number of hydrogen-bond donors (Lipinski definition) is 1. The van der Waals surface area contributed by atoms with Crippen molar-refractivity contribution in [2.24, 2.45) is 10.3 Å². The van der Waals surface area contributed by atoms with Gasteiger partial charge in [-0.2, -0.15) is 0 Å². The molecule has 1 aromatic carbocycles. The van der Waals surface area contributed by atoms with Crippen molar-refractivity contribution in [2.75, 3.05) is 27.2 Å². The largest absolute Gasteiger partial charge is 0.466 e. The summed E-state index contributed by atoms with van der Waals surface area (Å²) in [6, 6.07) is 6.72. The van der Waals surface area contributed by atoms with Crippen molar-refractivity contribution in [1.82, 2.24) is 10.3 Å². The van der Waals surface area contributed by atoms with Crippen LogP contribution in [-0.4, -0.2) is 44.1 Å². The van der Waals surface area contributed by atoms with Gasteiger partial charge < -0.3 is 10.1 Å². The maximum Gasteiger partial charge on any atom is 0.307 e. The summed E-state index contributed by atoms with van der Waals surface area (Å²) >= 11 is 0. The van der Waals surface area contributed by atoms with Crippen LogP contribution in [-0.2, 0) is 9.53 Å². The van der Waals surface area contributed by atoms with Crippen molar-refractivity contribution in [3.8, 4) is 0 Å². The first-order valence-electron chi connectivity index (χ1n) is 6.65. The molecule has 0 saturated heterocycles. The minimum Gasteiger partial charge on any atom is -0.466 e. The number of carbonyl (C=O) groups is 2. The molecule has 0 bridgehead atoms. The molecule has 0 heterocycles. The summed E-state index contributed by atoms with van der Waals surface area (Å²) in [7, 11) is 3.55. The molecule has 7 nitrogen and oxygen atoms in total. The Hall–Kier alpha value is -2.44. The van der Waals surface area contributed by atoms with Crippen LogP contribution < -0.4 is 5.32 Å². The van der Waals surface area contributed by atoms with Gasteiger partial charge in [-0.15, -0.1) is 5.11 Å². The van der Waals surface area contributed by atoms with Crippen molar-refractivity contribution in [2.45, 2.75) is 13.3 Å². The zero-order valence-electron chi connectivity index (χ0n) is 12.5. The van der Waals surface area contributed by atoms with Crippen molar-refractivity contribution < 1.29 is 14.3 Å². The Morgan fingerprint density at radius 3 is 2.48 bits per heavy atom. The molecule has 0 aromatic heterocycles. The lowest BCUT2D eigenvalue weighted by atomic mass is 10.2. The van der Waals surface area contributed by atoms with Crippen LogP contribution in [0.15, 0.2) is 34.6 Å². The first kappa shape index (κ1) is 16.6. The van der Waals surface area contributed by atoms with E-state index in [4.69, 9.17) is 4.74 Å². The fourth-order valence-electron chi connectivity index (χ4n) is 1.43. The molecule has 0 aliphatic heterocycles. The van der Waals surface area contributed by atoms with E-state index >= 15 is 0 Å². The number of benzene rings is 1. The molecule has 1 rings (SSSR count). The number of nitrogens with zero attached hydrogens (tertiary/aromatic N) is 3. The molecule has 0 saturated carbocycles. The average Bonchev–Trinajstić information content (AvgIpc) is 2.45. The standard InChI is InChI=1S/C14H20N4O3/c1-4-21-13(19)9-10-15-14(20)11-5-7-12(8-6-11)16-17-18(2)3/h5-8H,4,9-10H2,1-3H3,(H,15,20). The summed E-state index contributed by atoms with van der Waals surface area (Å²) in [6.45, 7) is 2.33. The van der Waals surface area contributed by atoms with Gasteiger partial charge >= 0.3 is 5.97 Å². The molecule has 0 radical (unpaired) electrons. The maximum absolute atomic E-state index is 11.8. The van der Waals surface area contributed by atoms with Gasteiger partial charge in [-0.3, -0.25) is 14.6 Å². The first-order chi connectivity index (χ1) is 10.0. The van der Waals surface area contributed by atoms with Crippen LogP contribution in [0.2, 0.25) is 0 Å². The summed E-state index contributed by atoms with van der Waals surface area (Å²) in [5.74, 6) is -0.562. The number of carbonyl (C=O) groups excluding carboxylic acids is 2. The number of nitrogens with one attached hydrogen (secondary N) is 1. The van der Waals surface area contributed by atoms with Gasteiger partial charge in [-0.05, 0) is 31.2 Å². The molecule has 0 unspecified atom stereocenters. The SMILES string of the molecule is CCOC(=O)CCNC(=O)c1ccc(N=NN(C)C)cc1. The van der Waals surface area contributed by atoms with Crippen LogP contribution in [0, 0.1) is 0 Å². The van der Waals surface area contributed by atoms with Gasteiger partial charge in [0.15, 0.2) is 0 Å². The molecule has 0 atom stereocenters. The quantitative estimate of drug-likeness (QED) is 0.473. The number of hydrogen-bond acceptors (Lipinski definition) is 5. The van der Waals surface area contributed by atoms with Crippen molar-refractivity contribution in [3.63, 3.8) is 0 Å². The Labute approximate surface area is 124 Å². The van der Waals surface area contributed by atoms with E-state index in [1.54, 1.807) is 50.3 Å². The third kappa shape index (κ3) is 6.51. The van der Waals surface area contributed by atoms with Gasteiger partial charge in [-0.1, -0.05) is 5.22 Å². The molecule has 7 heteroatoms. The van der Waals surface area contributed by atoms with E-state index in [0.29, 0.717) is 17.9 Å². The Morgan fingerprint density at radius 1 is 1.24 bits per heavy atom. The minimum absolute atomic E-state index is 0.161. The van der Waals surface area contributed by atoms with E-state index in [2.05, 4.69) is 15.7 Å². The van der Waals surface area contributed by atoms with E-state index in [1.165, 1.54) is 0 Å². The summed E-state index contributed by atoms with van der Waals surface area (Å²) in [6.07, 6.45) is 0.161. The monoisotopic (exact) mass is 292 g/mol. The molecule has 0 spiro atoms. The van der Waals surface area contributed by atoms with Crippen LogP contribution in [0.5, 0.6) is 0 Å². The van der Waals surface area contributed by atoms with Gasteiger partial charge in [-0.25, -0.2) is 0 Å². The molecule has 21 heavy (non-hydrogen) atoms. The molecule has 1 aromatic rings. The van der Waals surface area contributed by atoms with E-state index in [0.717, 1.165) is 0 Å². The molecule has 114 valence electrons. The molecular weight excluding hydrogens is 272 g/mol. The topological polar surface area (TPSA) is 83.4 Å². The molecule has 0 aliphatic rings. The van der Waals surface area contributed by atoms with Crippen molar-refractivity contribution in [1.29, 1.82) is 0 Å². The second-order valence-electron chi connectivity index (χ2n) is 4.39. The number of esters is 1. The molecule has 0 aliphatic carbocycles. The second-order valence-corrected chi connectivity index (χ2v) is 4.39. The van der Waals surface area contributed by atoms with E-state index in [1.807, 2.05) is 0 Å². The Balaban J connectivity index is 2.46. The lowest BCUT2D eigenvalue weighted by Gasteiger charge is -2.05. The zero-order chi connectivity index (χ0) is 15.7. The summed E-state index contributed by atoms with van der Waals surface area (Å²) in [5, 5.41) is 12.1. The number of ether oxygens (including phenoxy) is 1. The lowest BCUT2D eigenvalue weighted by molar-refractivity contribution is -0.142. The van der Waals surface area contributed by atoms with Crippen molar-refractivity contribution >= 4 is 17.6 Å². The summed E-state index contributed by atoms with van der Waals surface area (Å²) in [4.78, 5) is 23.0. The smallest absolute Gasteiger partial charge is 0.307 e. The van der Waals surface area contributed by atoms with Crippen LogP contribution in [0.1, 0.15) is 23.7 Å². The predicted molar refractivity (Wildman–Crippen MR) is 78.2 cm³/mol. The predicted octanol–water partition coefficient (Wildman–Crippen LogP) is 1.93. The first-order valence-corrected chi connectivity index (χ1v) is 6.65. The van der Waals surface area contributed by atoms with Gasteiger partial charge in [0.05, 0.1) is 18.7 Å². The van der Waals surface area contributed by atoms with Gasteiger partial charge in [0, 0.05) is 26.2 Å². The van der Waals surface area contributed by atoms with Gasteiger partial charge in [0.1, 0.15) is 0 Å². The van der Waals surface area contributed by atoms with Crippen molar-refractivity contribution in [3.05, 3.63) is 29.8 Å². The maximum atomic E-state index is 11.8. The Bertz CT molecular complexity index is 497. The van der Waals surface area contributed by atoms with E-state index in [-0.39, 0.29) is 24.8 Å². The normalized spacial score (nSPS) is 10.4. The lowest BCUT2D eigenvalue weighted by Crippen LogP contribution is -2.26. The highest BCUT2D eigenvalue weighted by Crippen LogP contribution is 2.13. The van der Waals surface area contributed by atoms with Crippen LogP contribution >= 0.6 is 0 Å². The Morgan fingerprint density at radius 2 is 1.90 bits per heavy atom. The van der Waals surface area contributed by atoms with E-state index < -0.39 is 0 Å². The molecule has 1 N–H and O–H groups in total. The van der Waals surface area contributed by atoms with E-state index in [9.17, 15) is 9.59 Å². The number of amides is 1. The number of rotatable bonds is 7. The second kappa shape index (κ2) is 8.68. The third-order valence-electron chi connectivity index (χ3n) is 2.39. The van der Waals surface area contributed by atoms with Gasteiger partial charge in [0.25, 0.3) is 5.91 Å². The Kier molecular flexibility index (Phi) is 6.86.